The van der Waals surface area contributed by atoms with E-state index in [4.69, 9.17) is 4.42 Å². The van der Waals surface area contributed by atoms with Crippen LogP contribution in [0.25, 0.3) is 0 Å². The van der Waals surface area contributed by atoms with Gasteiger partial charge in [-0.1, -0.05) is 0 Å². The molecule has 9 nitrogen and oxygen atoms in total. The number of benzene rings is 1. The first-order valence-corrected chi connectivity index (χ1v) is 10.0. The predicted molar refractivity (Wildman–Crippen MR) is 104 cm³/mol. The normalized spacial score (nSPS) is 11.0. The van der Waals surface area contributed by atoms with Gasteiger partial charge in [0.05, 0.1) is 36.1 Å². The van der Waals surface area contributed by atoms with Gasteiger partial charge in [0.2, 0.25) is 15.9 Å². The lowest BCUT2D eigenvalue weighted by Crippen LogP contribution is -2.32. The number of hydrogen-bond donors (Lipinski definition) is 3. The summed E-state index contributed by atoms with van der Waals surface area (Å²) in [6.45, 7) is -0.220. The maximum Gasteiger partial charge on any atom is 0.251 e. The second-order valence-electron chi connectivity index (χ2n) is 5.90. The Morgan fingerprint density at radius 1 is 1.03 bits per heavy atom. The molecule has 150 valence electrons. The van der Waals surface area contributed by atoms with Crippen molar-refractivity contribution in [1.29, 1.82) is 0 Å². The lowest BCUT2D eigenvalue weighted by Gasteiger charge is -2.08. The first-order chi connectivity index (χ1) is 13.9. The van der Waals surface area contributed by atoms with Crippen molar-refractivity contribution in [1.82, 2.24) is 15.0 Å². The molecule has 0 spiro atoms. The summed E-state index contributed by atoms with van der Waals surface area (Å²) in [5.74, 6) is -0.430. The average molecular weight is 414 g/mol. The van der Waals surface area contributed by atoms with Gasteiger partial charge in [0.25, 0.3) is 5.91 Å². The lowest BCUT2D eigenvalue weighted by molar-refractivity contribution is -0.115. The van der Waals surface area contributed by atoms with Gasteiger partial charge in [-0.3, -0.25) is 14.6 Å². The number of hydrogen-bond acceptors (Lipinski definition) is 6. The van der Waals surface area contributed by atoms with E-state index in [1.807, 2.05) is 0 Å². The molecule has 0 unspecified atom stereocenters. The molecule has 2 aromatic heterocycles. The van der Waals surface area contributed by atoms with Crippen molar-refractivity contribution in [2.75, 3.05) is 11.9 Å². The van der Waals surface area contributed by atoms with Crippen molar-refractivity contribution < 1.29 is 22.4 Å². The summed E-state index contributed by atoms with van der Waals surface area (Å²) in [6.07, 6.45) is 4.51. The maximum atomic E-state index is 12.3. The molecular weight excluding hydrogens is 396 g/mol. The highest BCUT2D eigenvalue weighted by atomic mass is 32.2. The van der Waals surface area contributed by atoms with E-state index < -0.39 is 21.8 Å². The van der Waals surface area contributed by atoms with Crippen molar-refractivity contribution in [3.8, 4) is 0 Å². The Morgan fingerprint density at radius 2 is 1.83 bits per heavy atom. The molecule has 29 heavy (non-hydrogen) atoms. The van der Waals surface area contributed by atoms with E-state index in [9.17, 15) is 18.0 Å². The first kappa shape index (κ1) is 20.2. The van der Waals surface area contributed by atoms with Crippen LogP contribution in [0.15, 0.2) is 76.5 Å². The number of furan rings is 1. The van der Waals surface area contributed by atoms with E-state index in [0.29, 0.717) is 11.4 Å². The van der Waals surface area contributed by atoms with Crippen LogP contribution in [0.4, 0.5) is 5.69 Å². The SMILES string of the molecule is O=C(CNC(=O)c1ccc(S(=O)(=O)NCc2ccco2)cc1)Nc1cccnc1. The van der Waals surface area contributed by atoms with Crippen molar-refractivity contribution >= 4 is 27.5 Å². The van der Waals surface area contributed by atoms with Crippen molar-refractivity contribution in [3.63, 3.8) is 0 Å². The van der Waals surface area contributed by atoms with Crippen LogP contribution in [0.5, 0.6) is 0 Å². The third-order valence-electron chi connectivity index (χ3n) is 3.80. The quantitative estimate of drug-likeness (QED) is 0.512. The number of pyridine rings is 1. The molecule has 1 aromatic carbocycles. The molecule has 0 aliphatic heterocycles. The third kappa shape index (κ3) is 5.74. The van der Waals surface area contributed by atoms with Crippen molar-refractivity contribution in [3.05, 3.63) is 78.5 Å². The zero-order chi connectivity index (χ0) is 20.7. The zero-order valence-electron chi connectivity index (χ0n) is 15.2. The molecule has 2 heterocycles. The van der Waals surface area contributed by atoms with Gasteiger partial charge in [0, 0.05) is 11.8 Å². The Morgan fingerprint density at radius 3 is 2.48 bits per heavy atom. The Kier molecular flexibility index (Phi) is 6.37. The van der Waals surface area contributed by atoms with Crippen LogP contribution in [0.3, 0.4) is 0 Å². The fourth-order valence-electron chi connectivity index (χ4n) is 2.35. The van der Waals surface area contributed by atoms with Crippen molar-refractivity contribution in [2.24, 2.45) is 0 Å². The summed E-state index contributed by atoms with van der Waals surface area (Å²) >= 11 is 0. The fourth-order valence-corrected chi connectivity index (χ4v) is 3.35. The molecule has 0 aliphatic rings. The van der Waals surface area contributed by atoms with E-state index in [-0.39, 0.29) is 23.5 Å². The van der Waals surface area contributed by atoms with Crippen LogP contribution in [0, 0.1) is 0 Å². The van der Waals surface area contributed by atoms with Crippen LogP contribution in [0.2, 0.25) is 0 Å². The Balaban J connectivity index is 1.53. The number of nitrogens with one attached hydrogen (secondary N) is 3. The topological polar surface area (TPSA) is 130 Å². The Hall–Kier alpha value is -3.50. The minimum Gasteiger partial charge on any atom is -0.468 e. The first-order valence-electron chi connectivity index (χ1n) is 8.54. The number of carbonyl (C=O) groups excluding carboxylic acids is 2. The van der Waals surface area contributed by atoms with E-state index in [0.717, 1.165) is 0 Å². The molecule has 0 aliphatic carbocycles. The number of amides is 2. The summed E-state index contributed by atoms with van der Waals surface area (Å²) in [6, 6.07) is 12.0. The number of aromatic nitrogens is 1. The van der Waals surface area contributed by atoms with Gasteiger partial charge in [-0.2, -0.15) is 0 Å². The van der Waals surface area contributed by atoms with Crippen LogP contribution in [-0.4, -0.2) is 31.8 Å². The van der Waals surface area contributed by atoms with Gasteiger partial charge in [0.15, 0.2) is 0 Å². The standard InChI is InChI=1S/C19H18N4O5S/c24-18(23-15-3-1-9-20-11-15)13-21-19(25)14-5-7-17(8-6-14)29(26,27)22-12-16-4-2-10-28-16/h1-11,22H,12-13H2,(H,21,25)(H,23,24). The number of carbonyl (C=O) groups is 2. The molecule has 0 atom stereocenters. The van der Waals surface area contributed by atoms with Crippen LogP contribution in [0.1, 0.15) is 16.1 Å². The number of nitrogens with zero attached hydrogens (tertiary/aromatic N) is 1. The van der Waals surface area contributed by atoms with Crippen LogP contribution in [-0.2, 0) is 21.4 Å². The Bertz CT molecular complexity index is 1070. The van der Waals surface area contributed by atoms with Gasteiger partial charge >= 0.3 is 0 Å². The smallest absolute Gasteiger partial charge is 0.251 e. The summed E-state index contributed by atoms with van der Waals surface area (Å²) < 4.78 is 32.1. The van der Waals surface area contributed by atoms with Gasteiger partial charge in [-0.05, 0) is 48.5 Å². The van der Waals surface area contributed by atoms with Gasteiger partial charge in [-0.25, -0.2) is 13.1 Å². The van der Waals surface area contributed by atoms with Gasteiger partial charge in [0.1, 0.15) is 5.76 Å². The molecule has 0 bridgehead atoms. The Labute approximate surface area is 167 Å². The highest BCUT2D eigenvalue weighted by Crippen LogP contribution is 2.12. The van der Waals surface area contributed by atoms with Gasteiger partial charge < -0.3 is 15.1 Å². The summed E-state index contributed by atoms with van der Waals surface area (Å²) in [5, 5.41) is 5.06. The van der Waals surface area contributed by atoms with Crippen molar-refractivity contribution in [2.45, 2.75) is 11.4 Å². The highest BCUT2D eigenvalue weighted by molar-refractivity contribution is 7.89. The lowest BCUT2D eigenvalue weighted by atomic mass is 10.2. The van der Waals surface area contributed by atoms with E-state index >= 15 is 0 Å². The van der Waals surface area contributed by atoms with Gasteiger partial charge in [-0.15, -0.1) is 0 Å². The number of rotatable bonds is 8. The molecule has 0 radical (unpaired) electrons. The molecule has 3 N–H and O–H groups in total. The van der Waals surface area contributed by atoms with Crippen LogP contribution >= 0.6 is 0 Å². The number of sulfonamides is 1. The second kappa shape index (κ2) is 9.13. The monoisotopic (exact) mass is 414 g/mol. The minimum atomic E-state index is -3.75. The molecule has 3 rings (SSSR count). The molecule has 0 saturated carbocycles. The van der Waals surface area contributed by atoms with Crippen LogP contribution < -0.4 is 15.4 Å². The van der Waals surface area contributed by atoms with E-state index in [2.05, 4.69) is 20.3 Å². The molecule has 0 fully saturated rings. The molecule has 2 amide bonds. The van der Waals surface area contributed by atoms with E-state index in [1.165, 1.54) is 36.7 Å². The summed E-state index contributed by atoms with van der Waals surface area (Å²) in [4.78, 5) is 27.9. The maximum absolute atomic E-state index is 12.3. The summed E-state index contributed by atoms with van der Waals surface area (Å²) in [5.41, 5.74) is 0.743. The largest absolute Gasteiger partial charge is 0.468 e. The summed E-state index contributed by atoms with van der Waals surface area (Å²) in [7, 11) is -3.75. The molecule has 10 heteroatoms. The molecule has 0 saturated heterocycles. The molecule has 3 aromatic rings. The highest BCUT2D eigenvalue weighted by Gasteiger charge is 2.16. The minimum absolute atomic E-state index is 0.00919. The average Bonchev–Trinajstić information content (AvgIpc) is 3.25. The number of anilines is 1. The van der Waals surface area contributed by atoms with E-state index in [1.54, 1.807) is 30.5 Å². The predicted octanol–water partition coefficient (Wildman–Crippen LogP) is 1.52. The zero-order valence-corrected chi connectivity index (χ0v) is 16.0. The molecular formula is C19H18N4O5S. The second-order valence-corrected chi connectivity index (χ2v) is 7.67. The fraction of sp³-hybridized carbons (Fsp3) is 0.105. The third-order valence-corrected chi connectivity index (χ3v) is 5.22.